The molecule has 11 heavy (non-hydrogen) atoms. The molecular weight excluding hydrogens is 164 g/mol. The molecule has 0 aliphatic rings. The molecule has 66 valence electrons. The van der Waals surface area contributed by atoms with Gasteiger partial charge in [0, 0.05) is 12.0 Å². The van der Waals surface area contributed by atoms with Crippen molar-refractivity contribution in [1.29, 1.82) is 0 Å². The molecule has 0 rings (SSSR count). The van der Waals surface area contributed by atoms with Gasteiger partial charge in [0.25, 0.3) is 5.91 Å². The highest BCUT2D eigenvalue weighted by Gasteiger charge is 2.06. The van der Waals surface area contributed by atoms with Crippen LogP contribution in [0, 0.1) is 0 Å². The maximum absolute atomic E-state index is 10.9. The fraction of sp³-hybridized carbons (Fsp3) is 0.571. The Bertz CT molecular complexity index is 147. The molecule has 1 atom stereocenters. The summed E-state index contributed by atoms with van der Waals surface area (Å²) in [5, 5.41) is 2.68. The molecule has 4 heteroatoms. The number of amides is 1. The summed E-state index contributed by atoms with van der Waals surface area (Å²) in [6, 6.07) is 0. The van der Waals surface area contributed by atoms with Gasteiger partial charge >= 0.3 is 0 Å². The Morgan fingerprint density at radius 3 is 2.45 bits per heavy atom. The number of hydrogen-bond donors (Lipinski definition) is 2. The van der Waals surface area contributed by atoms with Crippen molar-refractivity contribution in [1.82, 2.24) is 5.32 Å². The third-order valence-electron chi connectivity index (χ3n) is 1.22. The van der Waals surface area contributed by atoms with Crippen LogP contribution >= 0.6 is 0 Å². The second kappa shape index (κ2) is 6.19. The molecule has 0 heterocycles. The number of quaternary nitrogens is 1. The first-order chi connectivity index (χ1) is 4.57. The van der Waals surface area contributed by atoms with Crippen molar-refractivity contribution in [3.8, 4) is 0 Å². The van der Waals surface area contributed by atoms with E-state index in [1.165, 1.54) is 0 Å². The van der Waals surface area contributed by atoms with E-state index in [0.29, 0.717) is 5.57 Å². The Hall–Kier alpha value is -0.540. The highest BCUT2D eigenvalue weighted by molar-refractivity contribution is 5.92. The van der Waals surface area contributed by atoms with Gasteiger partial charge in [-0.25, -0.2) is 0 Å². The lowest BCUT2D eigenvalue weighted by atomic mass is 10.3. The molecular formula is C7H15ClN2O. The van der Waals surface area contributed by atoms with E-state index in [4.69, 9.17) is 0 Å². The van der Waals surface area contributed by atoms with Crippen LogP contribution in [0.3, 0.4) is 0 Å². The summed E-state index contributed by atoms with van der Waals surface area (Å²) in [7, 11) is 0. The zero-order chi connectivity index (χ0) is 8.15. The van der Waals surface area contributed by atoms with Gasteiger partial charge in [0.2, 0.25) is 0 Å². The van der Waals surface area contributed by atoms with E-state index in [-0.39, 0.29) is 24.5 Å². The van der Waals surface area contributed by atoms with E-state index in [9.17, 15) is 4.79 Å². The fourth-order valence-corrected chi connectivity index (χ4v) is 0.411. The van der Waals surface area contributed by atoms with Crippen molar-refractivity contribution in [3.05, 3.63) is 12.2 Å². The summed E-state index contributed by atoms with van der Waals surface area (Å²) >= 11 is 0. The lowest BCUT2D eigenvalue weighted by molar-refractivity contribution is -0.426. The number of halogens is 1. The van der Waals surface area contributed by atoms with E-state index in [0.717, 1.165) is 6.42 Å². The summed E-state index contributed by atoms with van der Waals surface area (Å²) in [4.78, 5) is 10.9. The van der Waals surface area contributed by atoms with Gasteiger partial charge in [-0.05, 0) is 6.92 Å². The highest BCUT2D eigenvalue weighted by Crippen LogP contribution is 1.86. The van der Waals surface area contributed by atoms with Crippen LogP contribution in [-0.4, -0.2) is 12.1 Å². The van der Waals surface area contributed by atoms with Crippen molar-refractivity contribution in [2.24, 2.45) is 0 Å². The lowest BCUT2D eigenvalue weighted by Crippen LogP contribution is -3.00. The Balaban J connectivity index is 0. The summed E-state index contributed by atoms with van der Waals surface area (Å²) in [6.07, 6.45) is 0.850. The quantitative estimate of drug-likeness (QED) is 0.345. The first-order valence-corrected chi connectivity index (χ1v) is 3.37. The Morgan fingerprint density at radius 1 is 1.73 bits per heavy atom. The SMILES string of the molecule is C=C(C)C(=O)NC([NH3+])CC.[Cl-]. The minimum absolute atomic E-state index is 0. The van der Waals surface area contributed by atoms with Crippen molar-refractivity contribution >= 4 is 5.91 Å². The van der Waals surface area contributed by atoms with Crippen molar-refractivity contribution in [2.45, 2.75) is 26.4 Å². The maximum atomic E-state index is 10.9. The zero-order valence-electron chi connectivity index (χ0n) is 6.98. The second-order valence-corrected chi connectivity index (χ2v) is 2.36. The number of rotatable bonds is 3. The van der Waals surface area contributed by atoms with Gasteiger partial charge < -0.3 is 23.5 Å². The minimum Gasteiger partial charge on any atom is -1.00 e. The molecule has 3 nitrogen and oxygen atoms in total. The fourth-order valence-electron chi connectivity index (χ4n) is 0.411. The molecule has 0 saturated heterocycles. The molecule has 1 amide bonds. The first kappa shape index (κ1) is 13.1. The van der Waals surface area contributed by atoms with Crippen molar-refractivity contribution < 1.29 is 22.9 Å². The topological polar surface area (TPSA) is 56.7 Å². The largest absolute Gasteiger partial charge is 1.00 e. The number of carbonyl (C=O) groups excluding carboxylic acids is 1. The molecule has 0 aromatic carbocycles. The van der Waals surface area contributed by atoms with Gasteiger partial charge in [-0.15, -0.1) is 0 Å². The summed E-state index contributed by atoms with van der Waals surface area (Å²) < 4.78 is 0. The Kier molecular flexibility index (Phi) is 7.36. The molecule has 0 aliphatic carbocycles. The molecule has 0 saturated carbocycles. The molecule has 0 aromatic heterocycles. The van der Waals surface area contributed by atoms with Crippen LogP contribution in [0.5, 0.6) is 0 Å². The van der Waals surface area contributed by atoms with E-state index >= 15 is 0 Å². The number of hydrogen-bond acceptors (Lipinski definition) is 1. The minimum atomic E-state index is -0.109. The van der Waals surface area contributed by atoms with Gasteiger partial charge in [-0.2, -0.15) is 0 Å². The van der Waals surface area contributed by atoms with Crippen molar-refractivity contribution in [3.63, 3.8) is 0 Å². The zero-order valence-corrected chi connectivity index (χ0v) is 7.74. The predicted molar refractivity (Wildman–Crippen MR) is 39.9 cm³/mol. The van der Waals surface area contributed by atoms with E-state index in [1.54, 1.807) is 6.92 Å². The average molecular weight is 179 g/mol. The summed E-state index contributed by atoms with van der Waals surface area (Å²) in [5.41, 5.74) is 4.24. The van der Waals surface area contributed by atoms with E-state index in [1.807, 2.05) is 6.92 Å². The predicted octanol–water partition coefficient (Wildman–Crippen LogP) is -3.34. The first-order valence-electron chi connectivity index (χ1n) is 3.37. The van der Waals surface area contributed by atoms with Gasteiger partial charge in [-0.1, -0.05) is 13.5 Å². The molecule has 0 aliphatic heterocycles. The second-order valence-electron chi connectivity index (χ2n) is 2.36. The molecule has 1 unspecified atom stereocenters. The van der Waals surface area contributed by atoms with Crippen LogP contribution in [0.25, 0.3) is 0 Å². The summed E-state index contributed by atoms with van der Waals surface area (Å²) in [5.74, 6) is -0.109. The molecule has 0 aromatic rings. The smallest absolute Gasteiger partial charge is 0.250 e. The van der Waals surface area contributed by atoms with Crippen LogP contribution in [0.2, 0.25) is 0 Å². The van der Waals surface area contributed by atoms with Gasteiger partial charge in [0.05, 0.1) is 0 Å². The highest BCUT2D eigenvalue weighted by atomic mass is 35.5. The standard InChI is InChI=1S/C7H14N2O.ClH/c1-4-6(8)9-7(10)5(2)3;/h6H,2,4,8H2,1,3H3,(H,9,10);1H. The van der Waals surface area contributed by atoms with Crippen LogP contribution in [0.15, 0.2) is 12.2 Å². The van der Waals surface area contributed by atoms with Gasteiger partial charge in [0.1, 0.15) is 0 Å². The molecule has 4 N–H and O–H groups in total. The van der Waals surface area contributed by atoms with Crippen LogP contribution in [0.1, 0.15) is 20.3 Å². The van der Waals surface area contributed by atoms with Crippen LogP contribution < -0.4 is 23.5 Å². The summed E-state index contributed by atoms with van der Waals surface area (Å²) in [6.45, 7) is 7.15. The Labute approximate surface area is 73.4 Å². The average Bonchev–Trinajstić information content (AvgIpc) is 1.87. The maximum Gasteiger partial charge on any atom is 0.250 e. The molecule has 0 bridgehead atoms. The monoisotopic (exact) mass is 178 g/mol. The molecule has 0 spiro atoms. The third-order valence-corrected chi connectivity index (χ3v) is 1.22. The van der Waals surface area contributed by atoms with Gasteiger partial charge in [0.15, 0.2) is 6.17 Å². The van der Waals surface area contributed by atoms with Crippen LogP contribution in [0.4, 0.5) is 0 Å². The molecule has 0 radical (unpaired) electrons. The van der Waals surface area contributed by atoms with E-state index < -0.39 is 0 Å². The Morgan fingerprint density at radius 2 is 2.18 bits per heavy atom. The number of nitrogens with one attached hydrogen (secondary N) is 1. The van der Waals surface area contributed by atoms with Gasteiger partial charge in [-0.3, -0.25) is 4.79 Å². The van der Waals surface area contributed by atoms with E-state index in [2.05, 4.69) is 17.6 Å². The normalized spacial score (nSPS) is 11.2. The third kappa shape index (κ3) is 5.88. The number of carbonyl (C=O) groups is 1. The lowest BCUT2D eigenvalue weighted by Gasteiger charge is -2.06. The van der Waals surface area contributed by atoms with Crippen molar-refractivity contribution in [2.75, 3.05) is 0 Å². The molecule has 0 fully saturated rings. The van der Waals surface area contributed by atoms with Crippen LogP contribution in [-0.2, 0) is 4.79 Å².